The highest BCUT2D eigenvalue weighted by Gasteiger charge is 2.18. The first-order valence-electron chi connectivity index (χ1n) is 8.71. The van der Waals surface area contributed by atoms with Crippen molar-refractivity contribution in [1.29, 1.82) is 0 Å². The summed E-state index contributed by atoms with van der Waals surface area (Å²) >= 11 is 0. The molecule has 1 aliphatic rings. The molecule has 8 nitrogen and oxygen atoms in total. The smallest absolute Gasteiger partial charge is 0.203 e. The summed E-state index contributed by atoms with van der Waals surface area (Å²) in [7, 11) is 3.18. The second kappa shape index (κ2) is 11.2. The molecule has 1 heterocycles. The molecule has 0 amide bonds. The number of aliphatic imine (C=N–C) groups is 1. The Labute approximate surface area is 155 Å². The van der Waals surface area contributed by atoms with Crippen LogP contribution in [-0.4, -0.2) is 39.5 Å². The molecule has 0 saturated carbocycles. The molecule has 0 spiro atoms. The zero-order chi connectivity index (χ0) is 19.5. The van der Waals surface area contributed by atoms with Crippen LogP contribution in [0.5, 0.6) is 17.2 Å². The van der Waals surface area contributed by atoms with E-state index in [1.54, 1.807) is 20.4 Å². The molecule has 1 aromatic rings. The minimum atomic E-state index is -0.469. The third-order valence-corrected chi connectivity index (χ3v) is 3.59. The summed E-state index contributed by atoms with van der Waals surface area (Å²) in [5, 5.41) is 2.87. The molecule has 1 atom stereocenters. The molecule has 0 fully saturated rings. The third kappa shape index (κ3) is 5.82. The van der Waals surface area contributed by atoms with E-state index < -0.39 is 6.17 Å². The van der Waals surface area contributed by atoms with Gasteiger partial charge in [-0.05, 0) is 42.7 Å². The standard InChI is InChI=1S/C16H25N5O3.C2H6/c1-22-12-7-10(6-11-9-20-16(19)21-15(11)18)8-13(23-2)14(12)24-5-3-4-17;1-2/h7-9,15H,3-6,17-18H2,1-2H3,(H3,19,20,21);1-2H3. The molecule has 1 aliphatic heterocycles. The minimum Gasteiger partial charge on any atom is -0.493 e. The number of benzene rings is 1. The zero-order valence-corrected chi connectivity index (χ0v) is 16.0. The van der Waals surface area contributed by atoms with E-state index in [2.05, 4.69) is 10.3 Å². The van der Waals surface area contributed by atoms with Crippen LogP contribution in [-0.2, 0) is 6.42 Å². The summed E-state index contributed by atoms with van der Waals surface area (Å²) in [6, 6.07) is 3.80. The molecule has 0 aliphatic carbocycles. The summed E-state index contributed by atoms with van der Waals surface area (Å²) in [5.41, 5.74) is 19.0. The van der Waals surface area contributed by atoms with Gasteiger partial charge in [-0.15, -0.1) is 0 Å². The molecule has 146 valence electrons. The Kier molecular flexibility index (Phi) is 9.32. The first-order valence-corrected chi connectivity index (χ1v) is 8.71. The lowest BCUT2D eigenvalue weighted by Crippen LogP contribution is -2.38. The van der Waals surface area contributed by atoms with Crippen LogP contribution in [0, 0.1) is 0 Å². The van der Waals surface area contributed by atoms with Crippen LogP contribution in [0.25, 0.3) is 0 Å². The van der Waals surface area contributed by atoms with Crippen molar-refractivity contribution >= 4 is 5.96 Å². The van der Waals surface area contributed by atoms with Crippen molar-refractivity contribution in [2.24, 2.45) is 22.2 Å². The highest BCUT2D eigenvalue weighted by Crippen LogP contribution is 2.39. The molecule has 0 aromatic heterocycles. The van der Waals surface area contributed by atoms with Crippen molar-refractivity contribution in [1.82, 2.24) is 5.32 Å². The SMILES string of the molecule is CC.COc1cc(CC2=CNC(N)=NC2N)cc(OC)c1OCCCN. The summed E-state index contributed by atoms with van der Waals surface area (Å²) in [6.45, 7) is 5.06. The lowest BCUT2D eigenvalue weighted by molar-refractivity contribution is 0.272. The van der Waals surface area contributed by atoms with Crippen LogP contribution in [0.15, 0.2) is 28.9 Å². The van der Waals surface area contributed by atoms with Crippen molar-refractivity contribution < 1.29 is 14.2 Å². The second-order valence-electron chi connectivity index (χ2n) is 5.32. The van der Waals surface area contributed by atoms with Gasteiger partial charge in [-0.1, -0.05) is 13.8 Å². The van der Waals surface area contributed by atoms with Crippen molar-refractivity contribution in [2.45, 2.75) is 32.9 Å². The Hall–Kier alpha value is -2.45. The van der Waals surface area contributed by atoms with Crippen molar-refractivity contribution in [2.75, 3.05) is 27.4 Å². The molecule has 7 N–H and O–H groups in total. The highest BCUT2D eigenvalue weighted by atomic mass is 16.5. The number of nitrogens with zero attached hydrogens (tertiary/aromatic N) is 1. The van der Waals surface area contributed by atoms with Gasteiger partial charge in [0.05, 0.1) is 20.8 Å². The topological polar surface area (TPSA) is 130 Å². The van der Waals surface area contributed by atoms with Gasteiger partial charge in [0.25, 0.3) is 0 Å². The molecule has 1 unspecified atom stereocenters. The summed E-state index contributed by atoms with van der Waals surface area (Å²) in [4.78, 5) is 4.11. The van der Waals surface area contributed by atoms with Crippen LogP contribution in [0.1, 0.15) is 25.8 Å². The Morgan fingerprint density at radius 2 is 1.77 bits per heavy atom. The Balaban J connectivity index is 0.00000163. The molecule has 8 heteroatoms. The second-order valence-corrected chi connectivity index (χ2v) is 5.32. The summed E-state index contributed by atoms with van der Waals surface area (Å²) < 4.78 is 16.6. The van der Waals surface area contributed by atoms with Gasteiger partial charge in [-0.3, -0.25) is 0 Å². The molecule has 0 bridgehead atoms. The lowest BCUT2D eigenvalue weighted by atomic mass is 10.0. The van der Waals surface area contributed by atoms with Gasteiger partial charge >= 0.3 is 0 Å². The normalized spacial score (nSPS) is 15.7. The summed E-state index contributed by atoms with van der Waals surface area (Å²) in [5.74, 6) is 2.08. The predicted molar refractivity (Wildman–Crippen MR) is 105 cm³/mol. The van der Waals surface area contributed by atoms with Crippen LogP contribution < -0.4 is 36.7 Å². The monoisotopic (exact) mass is 365 g/mol. The molecular weight excluding hydrogens is 334 g/mol. The predicted octanol–water partition coefficient (Wildman–Crippen LogP) is 1.09. The van der Waals surface area contributed by atoms with E-state index in [0.29, 0.717) is 42.8 Å². The largest absolute Gasteiger partial charge is 0.493 e. The molecule has 26 heavy (non-hydrogen) atoms. The van der Waals surface area contributed by atoms with Crippen molar-refractivity contribution in [3.05, 3.63) is 29.5 Å². The Morgan fingerprint density at radius 1 is 1.15 bits per heavy atom. The Morgan fingerprint density at radius 3 is 2.27 bits per heavy atom. The highest BCUT2D eigenvalue weighted by molar-refractivity contribution is 5.80. The maximum atomic E-state index is 5.99. The fraction of sp³-hybridized carbons (Fsp3) is 0.500. The van der Waals surface area contributed by atoms with Gasteiger partial charge in [0.1, 0.15) is 6.17 Å². The Bertz CT molecular complexity index is 606. The molecule has 0 radical (unpaired) electrons. The fourth-order valence-electron chi connectivity index (χ4n) is 2.35. The summed E-state index contributed by atoms with van der Waals surface area (Å²) in [6.07, 6.45) is 2.64. The number of ether oxygens (including phenoxy) is 3. The van der Waals surface area contributed by atoms with Gasteiger partial charge in [0.15, 0.2) is 17.5 Å². The minimum absolute atomic E-state index is 0.310. The van der Waals surface area contributed by atoms with Crippen LogP contribution >= 0.6 is 0 Å². The zero-order valence-electron chi connectivity index (χ0n) is 16.0. The van der Waals surface area contributed by atoms with Crippen molar-refractivity contribution in [3.8, 4) is 17.2 Å². The van der Waals surface area contributed by atoms with E-state index in [4.69, 9.17) is 31.4 Å². The quantitative estimate of drug-likeness (QED) is 0.507. The molecule has 1 aromatic carbocycles. The fourth-order valence-corrected chi connectivity index (χ4v) is 2.35. The molecular formula is C18H31N5O3. The van der Waals surface area contributed by atoms with Crippen LogP contribution in [0.2, 0.25) is 0 Å². The van der Waals surface area contributed by atoms with Gasteiger partial charge in [-0.25, -0.2) is 4.99 Å². The number of nitrogens with one attached hydrogen (secondary N) is 1. The van der Waals surface area contributed by atoms with E-state index in [9.17, 15) is 0 Å². The maximum Gasteiger partial charge on any atom is 0.203 e. The van der Waals surface area contributed by atoms with Crippen LogP contribution in [0.4, 0.5) is 0 Å². The van der Waals surface area contributed by atoms with Gasteiger partial charge in [0.2, 0.25) is 5.75 Å². The maximum absolute atomic E-state index is 5.99. The average molecular weight is 365 g/mol. The molecule has 2 rings (SSSR count). The number of methoxy groups -OCH3 is 2. The van der Waals surface area contributed by atoms with E-state index in [1.807, 2.05) is 26.0 Å². The number of guanidine groups is 1. The van der Waals surface area contributed by atoms with Crippen molar-refractivity contribution in [3.63, 3.8) is 0 Å². The first-order chi connectivity index (χ1) is 12.6. The number of hydrogen-bond donors (Lipinski definition) is 4. The lowest BCUT2D eigenvalue weighted by Gasteiger charge is -2.20. The van der Waals surface area contributed by atoms with Gasteiger partial charge in [0, 0.05) is 6.20 Å². The van der Waals surface area contributed by atoms with E-state index in [0.717, 1.165) is 17.6 Å². The van der Waals surface area contributed by atoms with E-state index >= 15 is 0 Å². The molecule has 0 saturated heterocycles. The van der Waals surface area contributed by atoms with Gasteiger partial charge < -0.3 is 36.7 Å². The third-order valence-electron chi connectivity index (χ3n) is 3.59. The van der Waals surface area contributed by atoms with Crippen LogP contribution in [0.3, 0.4) is 0 Å². The first kappa shape index (κ1) is 21.6. The average Bonchev–Trinajstić information content (AvgIpc) is 2.66. The number of hydrogen-bond acceptors (Lipinski definition) is 8. The number of rotatable bonds is 8. The van der Waals surface area contributed by atoms with Gasteiger partial charge in [-0.2, -0.15) is 0 Å². The van der Waals surface area contributed by atoms with E-state index in [1.165, 1.54) is 0 Å². The van der Waals surface area contributed by atoms with E-state index in [-0.39, 0.29) is 0 Å². The number of nitrogens with two attached hydrogens (primary N) is 3.